The minimum absolute atomic E-state index is 0.269. The standard InChI is InChI=1S/C13H16FNO/c1-3-4-5-6-10-16-12-9-7-8-11(15-2)13(12)14/h7-9,15H,3,6,10H2,1-2H3. The molecule has 2 nitrogen and oxygen atoms in total. The summed E-state index contributed by atoms with van der Waals surface area (Å²) in [4.78, 5) is 0. The lowest BCUT2D eigenvalue weighted by Gasteiger charge is -2.08. The average molecular weight is 221 g/mol. The van der Waals surface area contributed by atoms with Crippen LogP contribution in [0.15, 0.2) is 18.2 Å². The van der Waals surface area contributed by atoms with Gasteiger partial charge in [0.15, 0.2) is 11.6 Å². The van der Waals surface area contributed by atoms with Gasteiger partial charge in [-0.2, -0.15) is 0 Å². The second kappa shape index (κ2) is 6.73. The Morgan fingerprint density at radius 3 is 2.88 bits per heavy atom. The third-order valence-corrected chi connectivity index (χ3v) is 2.02. The van der Waals surface area contributed by atoms with E-state index in [0.717, 1.165) is 6.42 Å². The van der Waals surface area contributed by atoms with Gasteiger partial charge >= 0.3 is 0 Å². The minimum atomic E-state index is -0.353. The molecule has 0 aliphatic rings. The second-order valence-corrected chi connectivity index (χ2v) is 3.17. The molecule has 0 bridgehead atoms. The fourth-order valence-electron chi connectivity index (χ4n) is 1.24. The van der Waals surface area contributed by atoms with Gasteiger partial charge in [0.25, 0.3) is 0 Å². The van der Waals surface area contributed by atoms with Crippen molar-refractivity contribution in [2.75, 3.05) is 19.0 Å². The molecule has 0 saturated heterocycles. The van der Waals surface area contributed by atoms with E-state index in [1.54, 1.807) is 25.2 Å². The smallest absolute Gasteiger partial charge is 0.188 e. The van der Waals surface area contributed by atoms with E-state index in [-0.39, 0.29) is 11.6 Å². The van der Waals surface area contributed by atoms with Crippen LogP contribution in [0.5, 0.6) is 5.75 Å². The number of ether oxygens (including phenoxy) is 1. The number of rotatable bonds is 4. The third kappa shape index (κ3) is 3.47. The van der Waals surface area contributed by atoms with Crippen LogP contribution >= 0.6 is 0 Å². The normalized spacial score (nSPS) is 9.19. The monoisotopic (exact) mass is 221 g/mol. The molecule has 0 heterocycles. The zero-order valence-electron chi connectivity index (χ0n) is 9.64. The molecular weight excluding hydrogens is 205 g/mol. The molecule has 1 N–H and O–H groups in total. The highest BCUT2D eigenvalue weighted by atomic mass is 19.1. The van der Waals surface area contributed by atoms with Crippen LogP contribution in [0.1, 0.15) is 19.8 Å². The first kappa shape index (κ1) is 12.4. The van der Waals surface area contributed by atoms with Crippen molar-refractivity contribution in [1.82, 2.24) is 0 Å². The number of benzene rings is 1. The van der Waals surface area contributed by atoms with Gasteiger partial charge in [0.05, 0.1) is 12.3 Å². The first-order valence-electron chi connectivity index (χ1n) is 5.34. The molecule has 1 aromatic carbocycles. The number of halogens is 1. The lowest BCUT2D eigenvalue weighted by molar-refractivity contribution is 0.310. The maximum Gasteiger partial charge on any atom is 0.188 e. The van der Waals surface area contributed by atoms with Gasteiger partial charge in [-0.05, 0) is 12.1 Å². The zero-order chi connectivity index (χ0) is 11.8. The van der Waals surface area contributed by atoms with Crippen molar-refractivity contribution >= 4 is 5.69 Å². The van der Waals surface area contributed by atoms with Crippen molar-refractivity contribution in [3.63, 3.8) is 0 Å². The highest BCUT2D eigenvalue weighted by Gasteiger charge is 2.06. The zero-order valence-corrected chi connectivity index (χ0v) is 9.64. The molecule has 0 unspecified atom stereocenters. The molecule has 0 fully saturated rings. The van der Waals surface area contributed by atoms with Crippen LogP contribution < -0.4 is 10.1 Å². The average Bonchev–Trinajstić information content (AvgIpc) is 2.31. The summed E-state index contributed by atoms with van der Waals surface area (Å²) in [7, 11) is 1.68. The van der Waals surface area contributed by atoms with E-state index in [4.69, 9.17) is 4.74 Å². The van der Waals surface area contributed by atoms with Crippen molar-refractivity contribution in [2.45, 2.75) is 19.8 Å². The van der Waals surface area contributed by atoms with Crippen molar-refractivity contribution in [1.29, 1.82) is 0 Å². The van der Waals surface area contributed by atoms with E-state index in [1.807, 2.05) is 6.92 Å². The number of hydrogen-bond acceptors (Lipinski definition) is 2. The summed E-state index contributed by atoms with van der Waals surface area (Å²) in [6.45, 7) is 2.40. The van der Waals surface area contributed by atoms with Gasteiger partial charge in [0.2, 0.25) is 0 Å². The van der Waals surface area contributed by atoms with E-state index < -0.39 is 0 Å². The predicted octanol–water partition coefficient (Wildman–Crippen LogP) is 3.05. The highest BCUT2D eigenvalue weighted by Crippen LogP contribution is 2.23. The van der Waals surface area contributed by atoms with E-state index >= 15 is 0 Å². The van der Waals surface area contributed by atoms with Gasteiger partial charge in [-0.25, -0.2) is 4.39 Å². The highest BCUT2D eigenvalue weighted by molar-refractivity contribution is 5.49. The van der Waals surface area contributed by atoms with Crippen LogP contribution in [0.4, 0.5) is 10.1 Å². The van der Waals surface area contributed by atoms with Gasteiger partial charge in [-0.1, -0.05) is 18.9 Å². The van der Waals surface area contributed by atoms with E-state index in [1.165, 1.54) is 0 Å². The molecule has 0 aliphatic carbocycles. The summed E-state index contributed by atoms with van der Waals surface area (Å²) in [6, 6.07) is 5.03. The SMILES string of the molecule is CCC#CCCOc1cccc(NC)c1F. The maximum absolute atomic E-state index is 13.6. The number of hydrogen-bond donors (Lipinski definition) is 1. The Morgan fingerprint density at radius 1 is 1.38 bits per heavy atom. The predicted molar refractivity (Wildman–Crippen MR) is 64.1 cm³/mol. The molecule has 0 aromatic heterocycles. The first-order valence-corrected chi connectivity index (χ1v) is 5.34. The Bertz CT molecular complexity index is 393. The molecule has 1 aromatic rings. The molecule has 16 heavy (non-hydrogen) atoms. The molecule has 1 rings (SSSR count). The third-order valence-electron chi connectivity index (χ3n) is 2.02. The van der Waals surface area contributed by atoms with Crippen molar-refractivity contribution in [3.05, 3.63) is 24.0 Å². The lowest BCUT2D eigenvalue weighted by atomic mass is 10.3. The van der Waals surface area contributed by atoms with E-state index in [0.29, 0.717) is 18.7 Å². The van der Waals surface area contributed by atoms with Gasteiger partial charge in [-0.15, -0.1) is 5.92 Å². The molecule has 86 valence electrons. The summed E-state index contributed by atoms with van der Waals surface area (Å²) in [6.07, 6.45) is 1.46. The summed E-state index contributed by atoms with van der Waals surface area (Å²) in [5.74, 6) is 5.79. The largest absolute Gasteiger partial charge is 0.489 e. The summed E-state index contributed by atoms with van der Waals surface area (Å²) in [5, 5.41) is 2.76. The summed E-state index contributed by atoms with van der Waals surface area (Å²) < 4.78 is 18.9. The van der Waals surface area contributed by atoms with E-state index in [2.05, 4.69) is 17.2 Å². The quantitative estimate of drug-likeness (QED) is 0.623. The van der Waals surface area contributed by atoms with Gasteiger partial charge < -0.3 is 10.1 Å². The van der Waals surface area contributed by atoms with Crippen LogP contribution in [-0.4, -0.2) is 13.7 Å². The second-order valence-electron chi connectivity index (χ2n) is 3.17. The van der Waals surface area contributed by atoms with Crippen LogP contribution in [0, 0.1) is 17.7 Å². The summed E-state index contributed by atoms with van der Waals surface area (Å²) in [5.41, 5.74) is 0.442. The van der Waals surface area contributed by atoms with Crippen LogP contribution in [0.2, 0.25) is 0 Å². The lowest BCUT2D eigenvalue weighted by Crippen LogP contribution is -2.00. The minimum Gasteiger partial charge on any atom is -0.489 e. The summed E-state index contributed by atoms with van der Waals surface area (Å²) >= 11 is 0. The number of nitrogens with one attached hydrogen (secondary N) is 1. The fraction of sp³-hybridized carbons (Fsp3) is 0.385. The molecule has 0 amide bonds. The Kier molecular flexibility index (Phi) is 5.21. The Labute approximate surface area is 95.8 Å². The van der Waals surface area contributed by atoms with Gasteiger partial charge in [0, 0.05) is 19.9 Å². The van der Waals surface area contributed by atoms with Crippen molar-refractivity contribution < 1.29 is 9.13 Å². The fourth-order valence-corrected chi connectivity index (χ4v) is 1.24. The van der Waals surface area contributed by atoms with Crippen LogP contribution in [0.25, 0.3) is 0 Å². The van der Waals surface area contributed by atoms with Crippen LogP contribution in [-0.2, 0) is 0 Å². The van der Waals surface area contributed by atoms with E-state index in [9.17, 15) is 4.39 Å². The molecule has 0 atom stereocenters. The van der Waals surface area contributed by atoms with Gasteiger partial charge in [-0.3, -0.25) is 0 Å². The van der Waals surface area contributed by atoms with Crippen molar-refractivity contribution in [3.8, 4) is 17.6 Å². The van der Waals surface area contributed by atoms with Crippen LogP contribution in [0.3, 0.4) is 0 Å². The molecule has 0 aliphatic heterocycles. The van der Waals surface area contributed by atoms with Crippen molar-refractivity contribution in [2.24, 2.45) is 0 Å². The van der Waals surface area contributed by atoms with Gasteiger partial charge in [0.1, 0.15) is 0 Å². The molecule has 0 saturated carbocycles. The molecule has 3 heteroatoms. The molecular formula is C13H16FNO. The Balaban J connectivity index is 2.54. The Morgan fingerprint density at radius 2 is 2.19 bits per heavy atom. The molecule has 0 radical (unpaired) electrons. The maximum atomic E-state index is 13.6. The number of anilines is 1. The molecule has 0 spiro atoms. The Hall–Kier alpha value is -1.69. The topological polar surface area (TPSA) is 21.3 Å². The first-order chi connectivity index (χ1) is 7.79.